The molecule has 1 fully saturated rings. The van der Waals surface area contributed by atoms with E-state index in [1.807, 2.05) is 55.5 Å². The van der Waals surface area contributed by atoms with Crippen LogP contribution in [0.3, 0.4) is 0 Å². The molecule has 2 heterocycles. The van der Waals surface area contributed by atoms with E-state index in [9.17, 15) is 4.79 Å². The van der Waals surface area contributed by atoms with E-state index in [1.165, 1.54) is 12.8 Å². The summed E-state index contributed by atoms with van der Waals surface area (Å²) >= 11 is 1.69. The lowest BCUT2D eigenvalue weighted by Crippen LogP contribution is -2.30. The lowest BCUT2D eigenvalue weighted by molar-refractivity contribution is -0.120. The second-order valence-electron chi connectivity index (χ2n) is 7.09. The molecule has 8 heteroatoms. The lowest BCUT2D eigenvalue weighted by atomic mass is 9.94. The number of rotatable bonds is 5. The highest BCUT2D eigenvalue weighted by Gasteiger charge is 2.22. The normalized spacial score (nSPS) is 15.3. The van der Waals surface area contributed by atoms with E-state index >= 15 is 0 Å². The van der Waals surface area contributed by atoms with Crippen LogP contribution in [-0.4, -0.2) is 24.0 Å². The van der Waals surface area contributed by atoms with Crippen LogP contribution >= 0.6 is 36.2 Å². The number of hydrogen-bond donors (Lipinski definition) is 2. The van der Waals surface area contributed by atoms with E-state index in [0.29, 0.717) is 0 Å². The molecule has 1 amide bonds. The molecule has 1 aromatic heterocycles. The molecule has 2 aromatic carbocycles. The minimum absolute atomic E-state index is 0. The molecule has 1 saturated heterocycles. The maximum atomic E-state index is 12.7. The summed E-state index contributed by atoms with van der Waals surface area (Å²) in [6.45, 7) is 4.03. The van der Waals surface area contributed by atoms with Crippen LogP contribution in [0.4, 0.5) is 10.8 Å². The second-order valence-corrected chi connectivity index (χ2v) is 8.10. The van der Waals surface area contributed by atoms with Crippen molar-refractivity contribution in [3.63, 3.8) is 0 Å². The van der Waals surface area contributed by atoms with Crippen LogP contribution < -0.4 is 16.0 Å². The van der Waals surface area contributed by atoms with Crippen molar-refractivity contribution in [1.29, 1.82) is 0 Å². The molecule has 29 heavy (non-hydrogen) atoms. The van der Waals surface area contributed by atoms with Crippen LogP contribution in [0, 0.1) is 5.92 Å². The van der Waals surface area contributed by atoms with Crippen molar-refractivity contribution in [1.82, 2.24) is 4.98 Å². The molecule has 3 N–H and O–H groups in total. The average molecular weight is 453 g/mol. The average Bonchev–Trinajstić information content (AvgIpc) is 3.36. The summed E-state index contributed by atoms with van der Waals surface area (Å²) in [5.41, 5.74) is 9.02. The summed E-state index contributed by atoms with van der Waals surface area (Å²) in [7, 11) is 0. The number of hydrogen-bond acceptors (Lipinski definition) is 5. The number of fused-ring (bicyclic) bond motifs is 1. The second kappa shape index (κ2) is 10.3. The Balaban J connectivity index is 0.00000150. The van der Waals surface area contributed by atoms with Crippen LogP contribution in [0.15, 0.2) is 48.5 Å². The van der Waals surface area contributed by atoms with Gasteiger partial charge in [-0.05, 0) is 36.6 Å². The van der Waals surface area contributed by atoms with Gasteiger partial charge in [0.15, 0.2) is 5.13 Å². The number of nitrogens with zero attached hydrogens (tertiary/aromatic N) is 2. The Hall–Kier alpha value is -1.86. The zero-order valence-corrected chi connectivity index (χ0v) is 18.7. The molecule has 2 atom stereocenters. The molecule has 3 aromatic rings. The van der Waals surface area contributed by atoms with Crippen LogP contribution in [0.25, 0.3) is 10.2 Å². The first-order valence-electron chi connectivity index (χ1n) is 9.39. The fraction of sp³-hybridized carbons (Fsp3) is 0.333. The van der Waals surface area contributed by atoms with Crippen molar-refractivity contribution in [2.45, 2.75) is 25.8 Å². The van der Waals surface area contributed by atoms with Gasteiger partial charge in [-0.15, -0.1) is 24.8 Å². The van der Waals surface area contributed by atoms with Gasteiger partial charge in [0.1, 0.15) is 0 Å². The Bertz CT molecular complexity index is 944. The fourth-order valence-corrected chi connectivity index (χ4v) is 4.47. The van der Waals surface area contributed by atoms with E-state index in [4.69, 9.17) is 10.7 Å². The van der Waals surface area contributed by atoms with E-state index in [1.54, 1.807) is 11.3 Å². The third-order valence-electron chi connectivity index (χ3n) is 5.16. The first kappa shape index (κ1) is 23.4. The standard InChI is InChI=1S/C21H24N4OS.2ClH/c1-14(19(22)15-7-3-2-4-8-15)20(26)23-16-9-10-17-18(13-16)27-21(24-17)25-11-5-6-12-25;;/h2-4,7-10,13-14,19H,5-6,11-12,22H2,1H3,(H,23,26);2*1H. The highest BCUT2D eigenvalue weighted by Crippen LogP contribution is 2.32. The summed E-state index contributed by atoms with van der Waals surface area (Å²) < 4.78 is 1.09. The van der Waals surface area contributed by atoms with Gasteiger partial charge in [0.25, 0.3) is 0 Å². The Labute approximate surface area is 187 Å². The maximum Gasteiger partial charge on any atom is 0.229 e. The Morgan fingerprint density at radius 3 is 2.52 bits per heavy atom. The van der Waals surface area contributed by atoms with Crippen LogP contribution in [0.1, 0.15) is 31.4 Å². The predicted molar refractivity (Wildman–Crippen MR) is 127 cm³/mol. The van der Waals surface area contributed by atoms with Crippen molar-refractivity contribution in [3.8, 4) is 0 Å². The van der Waals surface area contributed by atoms with Gasteiger partial charge in [-0.2, -0.15) is 0 Å². The monoisotopic (exact) mass is 452 g/mol. The molecule has 2 unspecified atom stereocenters. The number of thiazole rings is 1. The van der Waals surface area contributed by atoms with E-state index < -0.39 is 0 Å². The SMILES string of the molecule is CC(C(=O)Nc1ccc2nc(N3CCCC3)sc2c1)C(N)c1ccccc1.Cl.Cl. The third kappa shape index (κ3) is 5.20. The number of aromatic nitrogens is 1. The summed E-state index contributed by atoms with van der Waals surface area (Å²) in [5, 5.41) is 4.08. The highest BCUT2D eigenvalue weighted by atomic mass is 35.5. The van der Waals surface area contributed by atoms with E-state index in [2.05, 4.69) is 10.2 Å². The van der Waals surface area contributed by atoms with Crippen molar-refractivity contribution < 1.29 is 4.79 Å². The van der Waals surface area contributed by atoms with Crippen molar-refractivity contribution in [2.24, 2.45) is 11.7 Å². The van der Waals surface area contributed by atoms with E-state index in [-0.39, 0.29) is 42.7 Å². The Morgan fingerprint density at radius 2 is 1.83 bits per heavy atom. The summed E-state index contributed by atoms with van der Waals surface area (Å²) in [6, 6.07) is 15.3. The molecule has 0 aliphatic carbocycles. The van der Waals surface area contributed by atoms with Crippen LogP contribution in [0.5, 0.6) is 0 Å². The summed E-state index contributed by atoms with van der Waals surface area (Å²) in [6.07, 6.45) is 2.47. The molecule has 0 spiro atoms. The first-order valence-corrected chi connectivity index (χ1v) is 10.2. The van der Waals surface area contributed by atoms with Crippen molar-refractivity contribution >= 4 is 63.1 Å². The van der Waals surface area contributed by atoms with Gasteiger partial charge in [-0.1, -0.05) is 48.6 Å². The minimum atomic E-state index is -0.333. The number of carbonyl (C=O) groups excluding carboxylic acids is 1. The zero-order valence-electron chi connectivity index (χ0n) is 16.2. The van der Waals surface area contributed by atoms with Crippen molar-refractivity contribution in [3.05, 3.63) is 54.1 Å². The minimum Gasteiger partial charge on any atom is -0.348 e. The number of halogens is 2. The number of carbonyl (C=O) groups is 1. The molecule has 0 saturated carbocycles. The van der Waals surface area contributed by atoms with Gasteiger partial charge in [-0.3, -0.25) is 4.79 Å². The Morgan fingerprint density at radius 1 is 1.14 bits per heavy atom. The smallest absolute Gasteiger partial charge is 0.229 e. The number of anilines is 2. The molecule has 156 valence electrons. The quantitative estimate of drug-likeness (QED) is 0.570. The van der Waals surface area contributed by atoms with Gasteiger partial charge >= 0.3 is 0 Å². The maximum absolute atomic E-state index is 12.7. The molecular weight excluding hydrogens is 427 g/mol. The van der Waals surface area contributed by atoms with Crippen LogP contribution in [0.2, 0.25) is 0 Å². The number of amides is 1. The topological polar surface area (TPSA) is 71.2 Å². The van der Waals surface area contributed by atoms with E-state index in [0.717, 1.165) is 39.7 Å². The van der Waals surface area contributed by atoms with Gasteiger partial charge < -0.3 is 16.0 Å². The number of nitrogens with two attached hydrogens (primary N) is 1. The number of benzene rings is 2. The largest absolute Gasteiger partial charge is 0.348 e. The molecule has 5 nitrogen and oxygen atoms in total. The Kier molecular flexibility index (Phi) is 8.28. The molecule has 4 rings (SSSR count). The van der Waals surface area contributed by atoms with Gasteiger partial charge in [-0.25, -0.2) is 4.98 Å². The summed E-state index contributed by atoms with van der Waals surface area (Å²) in [5.74, 6) is -0.403. The number of nitrogens with one attached hydrogen (secondary N) is 1. The first-order chi connectivity index (χ1) is 13.1. The lowest BCUT2D eigenvalue weighted by Gasteiger charge is -2.19. The van der Waals surface area contributed by atoms with Crippen LogP contribution in [-0.2, 0) is 4.79 Å². The van der Waals surface area contributed by atoms with Gasteiger partial charge in [0.2, 0.25) is 5.91 Å². The molecule has 1 aliphatic rings. The highest BCUT2D eigenvalue weighted by molar-refractivity contribution is 7.22. The molecule has 0 radical (unpaired) electrons. The predicted octanol–water partition coefficient (Wildman–Crippen LogP) is 5.01. The molecular formula is C21H26Cl2N4OS. The third-order valence-corrected chi connectivity index (χ3v) is 6.24. The molecule has 0 bridgehead atoms. The summed E-state index contributed by atoms with van der Waals surface area (Å²) in [4.78, 5) is 19.7. The molecule has 1 aliphatic heterocycles. The fourth-order valence-electron chi connectivity index (χ4n) is 3.42. The zero-order chi connectivity index (χ0) is 18.8. The van der Waals surface area contributed by atoms with Gasteiger partial charge in [0.05, 0.1) is 16.1 Å². The van der Waals surface area contributed by atoms with Gasteiger partial charge in [0, 0.05) is 24.8 Å². The van der Waals surface area contributed by atoms with Crippen molar-refractivity contribution in [2.75, 3.05) is 23.3 Å².